The molecular weight excluding hydrogens is 558 g/mol. The third-order valence-corrected chi connectivity index (χ3v) is 9.28. The number of aliphatic hydroxyl groups is 2. The van der Waals surface area contributed by atoms with E-state index >= 15 is 0 Å². The molecule has 0 heterocycles. The lowest BCUT2D eigenvalue weighted by molar-refractivity contribution is -0.128. The SMILES string of the molecule is CC(C)C[C@H](O)[C@H](O)[C@H](CC1CCCCC1)NC(=O)[C@H](C)CNC(=O)[C@@H](CSCCN(C)C)Cc1cccc(Cl)c1. The van der Waals surface area contributed by atoms with Crippen molar-refractivity contribution in [2.75, 3.05) is 38.7 Å². The van der Waals surface area contributed by atoms with Gasteiger partial charge in [0.2, 0.25) is 11.8 Å². The number of hydrogen-bond acceptors (Lipinski definition) is 6. The Morgan fingerprint density at radius 2 is 1.80 bits per heavy atom. The first-order chi connectivity index (χ1) is 19.5. The number of amides is 2. The molecule has 7 nitrogen and oxygen atoms in total. The Hall–Kier alpha value is -1.32. The second-order valence-corrected chi connectivity index (χ2v) is 14.2. The van der Waals surface area contributed by atoms with E-state index < -0.39 is 24.2 Å². The van der Waals surface area contributed by atoms with Gasteiger partial charge < -0.3 is 25.7 Å². The van der Waals surface area contributed by atoms with Crippen LogP contribution < -0.4 is 10.6 Å². The third-order valence-electron chi connectivity index (χ3n) is 7.93. The molecule has 1 aliphatic carbocycles. The molecule has 4 N–H and O–H groups in total. The Labute approximate surface area is 257 Å². The van der Waals surface area contributed by atoms with Crippen molar-refractivity contribution < 1.29 is 19.8 Å². The highest BCUT2D eigenvalue weighted by Crippen LogP contribution is 2.29. The van der Waals surface area contributed by atoms with Gasteiger partial charge in [-0.15, -0.1) is 0 Å². The van der Waals surface area contributed by atoms with Crippen molar-refractivity contribution in [2.24, 2.45) is 23.7 Å². The summed E-state index contributed by atoms with van der Waals surface area (Å²) in [6, 6.07) is 7.09. The molecule has 2 amide bonds. The number of aliphatic hydroxyl groups excluding tert-OH is 2. The molecule has 2 rings (SSSR count). The Balaban J connectivity index is 1.99. The predicted octanol–water partition coefficient (Wildman–Crippen LogP) is 4.77. The number of nitrogens with one attached hydrogen (secondary N) is 2. The van der Waals surface area contributed by atoms with Crippen molar-refractivity contribution in [3.63, 3.8) is 0 Å². The molecule has 1 aromatic carbocycles. The average Bonchev–Trinajstić information content (AvgIpc) is 2.92. The molecule has 1 fully saturated rings. The van der Waals surface area contributed by atoms with Crippen molar-refractivity contribution in [3.8, 4) is 0 Å². The van der Waals surface area contributed by atoms with Gasteiger partial charge in [0.25, 0.3) is 0 Å². The van der Waals surface area contributed by atoms with Crippen molar-refractivity contribution >= 4 is 35.2 Å². The maximum Gasteiger partial charge on any atom is 0.224 e. The summed E-state index contributed by atoms with van der Waals surface area (Å²) in [5, 5.41) is 28.4. The van der Waals surface area contributed by atoms with Crippen LogP contribution in [0.25, 0.3) is 0 Å². The molecule has 0 aliphatic heterocycles. The van der Waals surface area contributed by atoms with Gasteiger partial charge in [0, 0.05) is 29.6 Å². The Kier molecular flexibility index (Phi) is 16.7. The largest absolute Gasteiger partial charge is 0.390 e. The lowest BCUT2D eigenvalue weighted by atomic mass is 9.82. The van der Waals surface area contributed by atoms with Crippen molar-refractivity contribution in [3.05, 3.63) is 34.9 Å². The second-order valence-electron chi connectivity index (χ2n) is 12.6. The summed E-state index contributed by atoms with van der Waals surface area (Å²) in [5.41, 5.74) is 1.01. The number of carbonyl (C=O) groups excluding carboxylic acids is 2. The van der Waals surface area contributed by atoms with Crippen LogP contribution in [0.3, 0.4) is 0 Å². The zero-order chi connectivity index (χ0) is 30.4. The van der Waals surface area contributed by atoms with Gasteiger partial charge in [0.1, 0.15) is 6.10 Å². The number of hydrogen-bond donors (Lipinski definition) is 4. The van der Waals surface area contributed by atoms with Gasteiger partial charge in [0.15, 0.2) is 0 Å². The van der Waals surface area contributed by atoms with E-state index in [9.17, 15) is 19.8 Å². The van der Waals surface area contributed by atoms with E-state index in [-0.39, 0.29) is 30.2 Å². The molecule has 9 heteroatoms. The monoisotopic (exact) mass is 611 g/mol. The first-order valence-corrected chi connectivity index (χ1v) is 16.9. The van der Waals surface area contributed by atoms with Crippen molar-refractivity contribution in [1.29, 1.82) is 0 Å². The molecule has 5 atom stereocenters. The normalized spacial score (nSPS) is 18.1. The van der Waals surface area contributed by atoms with Crippen LogP contribution in [0.5, 0.6) is 0 Å². The zero-order valence-corrected chi connectivity index (χ0v) is 27.4. The highest BCUT2D eigenvalue weighted by atomic mass is 35.5. The topological polar surface area (TPSA) is 102 Å². The molecule has 1 aliphatic rings. The lowest BCUT2D eigenvalue weighted by Crippen LogP contribution is -2.52. The van der Waals surface area contributed by atoms with Crippen LogP contribution in [0.1, 0.15) is 71.3 Å². The maximum atomic E-state index is 13.3. The molecule has 1 aromatic rings. The standard InChI is InChI=1S/C32H54ClN3O4S/c1-22(2)16-29(37)30(38)28(19-24-10-7-6-8-11-24)35-31(39)23(3)20-34-32(40)26(21-41-15-14-36(4)5)17-25-12-9-13-27(33)18-25/h9,12-13,18,22-24,26,28-30,37-38H,6-8,10-11,14-17,19-21H2,1-5H3,(H,34,40)(H,35,39)/t23-,26-,28+,29+,30-/m1/s1. The van der Waals surface area contributed by atoms with E-state index in [4.69, 9.17) is 11.6 Å². The number of carbonyl (C=O) groups is 2. The first kappa shape index (κ1) is 35.9. The number of benzene rings is 1. The van der Waals surface area contributed by atoms with Gasteiger partial charge in [-0.25, -0.2) is 0 Å². The van der Waals surface area contributed by atoms with Crippen LogP contribution in [0, 0.1) is 23.7 Å². The Morgan fingerprint density at radius 3 is 2.44 bits per heavy atom. The molecule has 0 bridgehead atoms. The van der Waals surface area contributed by atoms with Gasteiger partial charge >= 0.3 is 0 Å². The fourth-order valence-electron chi connectivity index (χ4n) is 5.42. The summed E-state index contributed by atoms with van der Waals surface area (Å²) in [6.07, 6.45) is 5.54. The van der Waals surface area contributed by atoms with Crippen LogP contribution in [-0.2, 0) is 16.0 Å². The predicted molar refractivity (Wildman–Crippen MR) is 171 cm³/mol. The third kappa shape index (κ3) is 14.1. The minimum Gasteiger partial charge on any atom is -0.390 e. The summed E-state index contributed by atoms with van der Waals surface area (Å²) in [6.45, 7) is 6.96. The van der Waals surface area contributed by atoms with Gasteiger partial charge in [-0.1, -0.05) is 76.6 Å². The van der Waals surface area contributed by atoms with E-state index in [0.29, 0.717) is 36.0 Å². The molecule has 0 unspecified atom stereocenters. The Morgan fingerprint density at radius 1 is 1.10 bits per heavy atom. The van der Waals surface area contributed by atoms with Crippen LogP contribution in [0.15, 0.2) is 24.3 Å². The van der Waals surface area contributed by atoms with Crippen molar-refractivity contribution in [1.82, 2.24) is 15.5 Å². The Bertz CT molecular complexity index is 913. The molecule has 1 saturated carbocycles. The van der Waals surface area contributed by atoms with E-state index in [1.54, 1.807) is 18.7 Å². The quantitative estimate of drug-likeness (QED) is 0.178. The first-order valence-electron chi connectivity index (χ1n) is 15.4. The number of rotatable bonds is 18. The van der Waals surface area contributed by atoms with E-state index in [1.807, 2.05) is 52.2 Å². The van der Waals surface area contributed by atoms with Gasteiger partial charge in [-0.05, 0) is 62.9 Å². The molecule has 0 radical (unpaired) electrons. The molecular formula is C32H54ClN3O4S. The number of nitrogens with zero attached hydrogens (tertiary/aromatic N) is 1. The average molecular weight is 612 g/mol. The van der Waals surface area contributed by atoms with Crippen LogP contribution in [-0.4, -0.2) is 83.9 Å². The molecule has 0 aromatic heterocycles. The fraction of sp³-hybridized carbons (Fsp3) is 0.750. The summed E-state index contributed by atoms with van der Waals surface area (Å²) in [5.74, 6) is 1.26. The summed E-state index contributed by atoms with van der Waals surface area (Å²) in [7, 11) is 4.07. The zero-order valence-electron chi connectivity index (χ0n) is 25.8. The molecule has 0 saturated heterocycles. The molecule has 41 heavy (non-hydrogen) atoms. The van der Waals surface area contributed by atoms with Crippen molar-refractivity contribution in [2.45, 2.75) is 90.4 Å². The highest BCUT2D eigenvalue weighted by molar-refractivity contribution is 7.99. The number of thioether (sulfide) groups is 1. The molecule has 234 valence electrons. The van der Waals surface area contributed by atoms with Gasteiger partial charge in [-0.3, -0.25) is 9.59 Å². The molecule has 0 spiro atoms. The van der Waals surface area contributed by atoms with Crippen LogP contribution in [0.4, 0.5) is 0 Å². The minimum atomic E-state index is -1.02. The highest BCUT2D eigenvalue weighted by Gasteiger charge is 2.32. The number of halogens is 1. The van der Waals surface area contributed by atoms with E-state index in [1.165, 1.54) is 19.3 Å². The van der Waals surface area contributed by atoms with Gasteiger partial charge in [-0.2, -0.15) is 11.8 Å². The fourth-order valence-corrected chi connectivity index (χ4v) is 6.85. The summed E-state index contributed by atoms with van der Waals surface area (Å²) < 4.78 is 0. The summed E-state index contributed by atoms with van der Waals surface area (Å²) in [4.78, 5) is 28.7. The van der Waals surface area contributed by atoms with Gasteiger partial charge in [0.05, 0.1) is 24.0 Å². The van der Waals surface area contributed by atoms with Crippen LogP contribution >= 0.6 is 23.4 Å². The maximum absolute atomic E-state index is 13.3. The smallest absolute Gasteiger partial charge is 0.224 e. The summed E-state index contributed by atoms with van der Waals surface area (Å²) >= 11 is 7.94. The minimum absolute atomic E-state index is 0.0758. The van der Waals surface area contributed by atoms with E-state index in [0.717, 1.165) is 30.7 Å². The lowest BCUT2D eigenvalue weighted by Gasteiger charge is -2.33. The van der Waals surface area contributed by atoms with Crippen LogP contribution in [0.2, 0.25) is 5.02 Å². The van der Waals surface area contributed by atoms with E-state index in [2.05, 4.69) is 15.5 Å². The second kappa shape index (κ2) is 19.1.